The molecule has 0 heterocycles. The number of ether oxygens (including phenoxy) is 1. The van der Waals surface area contributed by atoms with Gasteiger partial charge in [0.2, 0.25) is 5.96 Å². The molecule has 0 radical (unpaired) electrons. The molecule has 0 aliphatic heterocycles. The minimum absolute atomic E-state index is 0.140. The Labute approximate surface area is 92.0 Å². The Hall–Kier alpha value is -1.49. The number of benzene rings is 1. The average Bonchev–Trinajstić information content (AvgIpc) is 2.20. The fourth-order valence-electron chi connectivity index (χ4n) is 1.05. The highest BCUT2D eigenvalue weighted by Crippen LogP contribution is 2.19. The minimum atomic E-state index is -0.440. The summed E-state index contributed by atoms with van der Waals surface area (Å²) < 4.78 is 18.9. The van der Waals surface area contributed by atoms with Gasteiger partial charge < -0.3 is 10.5 Å². The van der Waals surface area contributed by atoms with Crippen molar-refractivity contribution >= 4 is 17.7 Å². The van der Waals surface area contributed by atoms with Crippen LogP contribution in [-0.4, -0.2) is 17.5 Å². The van der Waals surface area contributed by atoms with Crippen molar-refractivity contribution in [3.8, 4) is 5.75 Å². The van der Waals surface area contributed by atoms with Gasteiger partial charge in [-0.2, -0.15) is 0 Å². The van der Waals surface area contributed by atoms with Crippen molar-refractivity contribution < 1.29 is 9.13 Å². The summed E-state index contributed by atoms with van der Waals surface area (Å²) >= 11 is 5.63. The molecular formula is C9H11ClFN3O. The molecule has 4 nitrogen and oxygen atoms in total. The van der Waals surface area contributed by atoms with Crippen LogP contribution in [-0.2, 0) is 6.54 Å². The highest BCUT2D eigenvalue weighted by Gasteiger charge is 2.07. The molecule has 0 aliphatic carbocycles. The van der Waals surface area contributed by atoms with Crippen LogP contribution >= 0.6 is 11.8 Å². The zero-order chi connectivity index (χ0) is 11.4. The lowest BCUT2D eigenvalue weighted by molar-refractivity contribution is 0.385. The molecular weight excluding hydrogens is 221 g/mol. The zero-order valence-electron chi connectivity index (χ0n) is 8.13. The van der Waals surface area contributed by atoms with Crippen LogP contribution in [0.25, 0.3) is 0 Å². The van der Waals surface area contributed by atoms with Crippen molar-refractivity contribution in [2.24, 2.45) is 5.73 Å². The summed E-state index contributed by atoms with van der Waals surface area (Å²) in [4.78, 5) is 0. The van der Waals surface area contributed by atoms with Gasteiger partial charge in [-0.3, -0.25) is 9.83 Å². The molecule has 82 valence electrons. The van der Waals surface area contributed by atoms with E-state index < -0.39 is 5.82 Å². The molecule has 0 saturated heterocycles. The number of halogens is 2. The van der Waals surface area contributed by atoms with Gasteiger partial charge in [0.25, 0.3) is 0 Å². The second kappa shape index (κ2) is 4.84. The molecule has 0 bridgehead atoms. The van der Waals surface area contributed by atoms with E-state index in [0.29, 0.717) is 5.56 Å². The van der Waals surface area contributed by atoms with Crippen LogP contribution in [0.15, 0.2) is 18.2 Å². The summed E-state index contributed by atoms with van der Waals surface area (Å²) in [5.74, 6) is -0.564. The Morgan fingerprint density at radius 2 is 2.33 bits per heavy atom. The van der Waals surface area contributed by atoms with E-state index in [9.17, 15) is 4.39 Å². The van der Waals surface area contributed by atoms with E-state index in [0.717, 1.165) is 4.42 Å². The maximum atomic E-state index is 13.0. The third kappa shape index (κ3) is 2.99. The van der Waals surface area contributed by atoms with Crippen LogP contribution in [0.5, 0.6) is 5.75 Å². The number of hydrogen-bond acceptors (Lipinski definition) is 2. The summed E-state index contributed by atoms with van der Waals surface area (Å²) in [5, 5.41) is 7.06. The summed E-state index contributed by atoms with van der Waals surface area (Å²) in [6, 6.07) is 4.34. The first-order valence-electron chi connectivity index (χ1n) is 4.14. The topological polar surface area (TPSA) is 62.3 Å². The zero-order valence-corrected chi connectivity index (χ0v) is 8.88. The molecule has 0 aromatic heterocycles. The maximum Gasteiger partial charge on any atom is 0.203 e. The first-order valence-corrected chi connectivity index (χ1v) is 4.48. The summed E-state index contributed by atoms with van der Waals surface area (Å²) in [7, 11) is 1.38. The van der Waals surface area contributed by atoms with E-state index in [-0.39, 0.29) is 18.3 Å². The first-order chi connectivity index (χ1) is 7.04. The number of rotatable bonds is 3. The summed E-state index contributed by atoms with van der Waals surface area (Å²) in [5.41, 5.74) is 5.86. The molecule has 0 aliphatic rings. The maximum absolute atomic E-state index is 13.0. The molecule has 0 amide bonds. The van der Waals surface area contributed by atoms with E-state index in [2.05, 4.69) is 0 Å². The van der Waals surface area contributed by atoms with Crippen LogP contribution in [0.1, 0.15) is 5.56 Å². The van der Waals surface area contributed by atoms with Crippen LogP contribution in [0.3, 0.4) is 0 Å². The number of methoxy groups -OCH3 is 1. The second-order valence-electron chi connectivity index (χ2n) is 2.87. The monoisotopic (exact) mass is 231 g/mol. The van der Waals surface area contributed by atoms with Gasteiger partial charge in [-0.15, -0.1) is 0 Å². The lowest BCUT2D eigenvalue weighted by Gasteiger charge is -2.13. The largest absolute Gasteiger partial charge is 0.494 e. The van der Waals surface area contributed by atoms with Gasteiger partial charge in [0, 0.05) is 11.8 Å². The standard InChI is InChI=1S/C9H11ClFN3O/c1-15-8-4-6(2-3-7(8)11)5-14(10)9(12)13/h2-4H,5H2,1H3,(H3,12,13). The second-order valence-corrected chi connectivity index (χ2v) is 3.28. The lowest BCUT2D eigenvalue weighted by atomic mass is 10.2. The average molecular weight is 232 g/mol. The van der Waals surface area contributed by atoms with Crippen LogP contribution in [0.2, 0.25) is 0 Å². The molecule has 3 N–H and O–H groups in total. The molecule has 0 unspecified atom stereocenters. The van der Waals surface area contributed by atoms with E-state index in [1.807, 2.05) is 0 Å². The Balaban J connectivity index is 2.83. The highest BCUT2D eigenvalue weighted by molar-refractivity contribution is 6.21. The highest BCUT2D eigenvalue weighted by atomic mass is 35.5. The van der Waals surface area contributed by atoms with Crippen molar-refractivity contribution in [2.75, 3.05) is 7.11 Å². The lowest BCUT2D eigenvalue weighted by Crippen LogP contribution is -2.27. The third-order valence-corrected chi connectivity index (χ3v) is 2.10. The summed E-state index contributed by atoms with van der Waals surface area (Å²) in [6.45, 7) is 0.216. The van der Waals surface area contributed by atoms with Gasteiger partial charge >= 0.3 is 0 Å². The minimum Gasteiger partial charge on any atom is -0.494 e. The van der Waals surface area contributed by atoms with Gasteiger partial charge in [0.1, 0.15) is 0 Å². The van der Waals surface area contributed by atoms with Crippen LogP contribution in [0.4, 0.5) is 4.39 Å². The van der Waals surface area contributed by atoms with Crippen LogP contribution in [0, 0.1) is 11.2 Å². The van der Waals surface area contributed by atoms with Gasteiger partial charge in [0.15, 0.2) is 11.6 Å². The van der Waals surface area contributed by atoms with Crippen molar-refractivity contribution in [3.63, 3.8) is 0 Å². The Morgan fingerprint density at radius 1 is 1.67 bits per heavy atom. The Bertz CT molecular complexity index is 372. The van der Waals surface area contributed by atoms with Crippen molar-refractivity contribution in [2.45, 2.75) is 6.54 Å². The predicted octanol–water partition coefficient (Wildman–Crippen LogP) is 1.68. The first kappa shape index (κ1) is 11.6. The smallest absolute Gasteiger partial charge is 0.203 e. The normalized spacial score (nSPS) is 9.80. The number of nitrogens with one attached hydrogen (secondary N) is 1. The van der Waals surface area contributed by atoms with Crippen molar-refractivity contribution in [3.05, 3.63) is 29.6 Å². The van der Waals surface area contributed by atoms with Gasteiger partial charge in [0.05, 0.1) is 13.7 Å². The Kier molecular flexibility index (Phi) is 3.74. The van der Waals surface area contributed by atoms with Crippen molar-refractivity contribution in [1.29, 1.82) is 5.41 Å². The number of nitrogens with two attached hydrogens (primary N) is 1. The number of guanidine groups is 1. The number of hydrogen-bond donors (Lipinski definition) is 2. The van der Waals surface area contributed by atoms with E-state index in [4.69, 9.17) is 27.7 Å². The summed E-state index contributed by atoms with van der Waals surface area (Å²) in [6.07, 6.45) is 0. The van der Waals surface area contributed by atoms with Crippen molar-refractivity contribution in [1.82, 2.24) is 4.42 Å². The molecule has 1 aromatic rings. The molecule has 0 atom stereocenters. The quantitative estimate of drug-likeness (QED) is 0.473. The molecule has 15 heavy (non-hydrogen) atoms. The number of nitrogens with zero attached hydrogens (tertiary/aromatic N) is 1. The van der Waals surface area contributed by atoms with E-state index in [1.165, 1.54) is 19.2 Å². The molecule has 6 heteroatoms. The molecule has 1 aromatic carbocycles. The predicted molar refractivity (Wildman–Crippen MR) is 56.3 cm³/mol. The SMILES string of the molecule is COc1cc(CN(Cl)C(=N)N)ccc1F. The third-order valence-electron chi connectivity index (χ3n) is 1.80. The molecule has 1 rings (SSSR count). The van der Waals surface area contributed by atoms with Gasteiger partial charge in [-0.1, -0.05) is 6.07 Å². The van der Waals surface area contributed by atoms with E-state index in [1.54, 1.807) is 6.07 Å². The molecule has 0 fully saturated rings. The van der Waals surface area contributed by atoms with Gasteiger partial charge in [-0.25, -0.2) is 4.39 Å². The molecule has 0 spiro atoms. The van der Waals surface area contributed by atoms with Crippen LogP contribution < -0.4 is 10.5 Å². The fourth-order valence-corrected chi connectivity index (χ4v) is 1.19. The van der Waals surface area contributed by atoms with E-state index >= 15 is 0 Å². The molecule has 0 saturated carbocycles. The Morgan fingerprint density at radius 3 is 2.87 bits per heavy atom. The fraction of sp³-hybridized carbons (Fsp3) is 0.222. The van der Waals surface area contributed by atoms with Gasteiger partial charge in [-0.05, 0) is 17.7 Å².